The van der Waals surface area contributed by atoms with Crippen molar-refractivity contribution in [3.8, 4) is 11.5 Å². The summed E-state index contributed by atoms with van der Waals surface area (Å²) in [6.07, 6.45) is 3.04. The lowest BCUT2D eigenvalue weighted by Gasteiger charge is -2.13. The minimum Gasteiger partial charge on any atom is -0.493 e. The van der Waals surface area contributed by atoms with Crippen LogP contribution in [0.4, 0.5) is 0 Å². The first-order chi connectivity index (χ1) is 14.5. The van der Waals surface area contributed by atoms with E-state index in [4.69, 9.17) is 30.2 Å². The number of rotatable bonds is 6. The van der Waals surface area contributed by atoms with Gasteiger partial charge in [0, 0.05) is 4.47 Å². The predicted molar refractivity (Wildman–Crippen MR) is 116 cm³/mol. The Bertz CT molecular complexity index is 1140. The number of carbonyl (C=O) groups is 1. The Kier molecular flexibility index (Phi) is 5.92. The first-order valence-electron chi connectivity index (χ1n) is 8.84. The van der Waals surface area contributed by atoms with E-state index in [9.17, 15) is 4.79 Å². The van der Waals surface area contributed by atoms with Gasteiger partial charge in [0.1, 0.15) is 6.61 Å². The van der Waals surface area contributed by atoms with E-state index in [1.165, 1.54) is 13.4 Å². The summed E-state index contributed by atoms with van der Waals surface area (Å²) in [5, 5.41) is 0.347. The third kappa shape index (κ3) is 4.42. The van der Waals surface area contributed by atoms with Crippen molar-refractivity contribution in [2.45, 2.75) is 6.61 Å². The van der Waals surface area contributed by atoms with Crippen LogP contribution in [-0.4, -0.2) is 19.0 Å². The Morgan fingerprint density at radius 3 is 2.70 bits per heavy atom. The van der Waals surface area contributed by atoms with E-state index in [-0.39, 0.29) is 11.6 Å². The fraction of sp³-hybridized carbons (Fsp3) is 0.0909. The molecule has 4 rings (SSSR count). The van der Waals surface area contributed by atoms with Gasteiger partial charge in [0.15, 0.2) is 23.0 Å². The molecule has 0 spiro atoms. The SMILES string of the molecule is COc1cc(/C=C2\N=C(c3ccco3)OC2=O)cc(Cl)c1OCc1ccc(Br)cc1. The molecule has 6 nitrogen and oxygen atoms in total. The molecule has 0 radical (unpaired) electrons. The number of aliphatic imine (C=N–C) groups is 1. The lowest BCUT2D eigenvalue weighted by molar-refractivity contribution is -0.130. The van der Waals surface area contributed by atoms with Gasteiger partial charge >= 0.3 is 5.97 Å². The summed E-state index contributed by atoms with van der Waals surface area (Å²) >= 11 is 9.83. The number of hydrogen-bond acceptors (Lipinski definition) is 6. The number of ether oxygens (including phenoxy) is 3. The van der Waals surface area contributed by atoms with Crippen LogP contribution in [0.5, 0.6) is 11.5 Å². The van der Waals surface area contributed by atoms with Gasteiger partial charge in [0.2, 0.25) is 0 Å². The first kappa shape index (κ1) is 20.3. The number of furan rings is 1. The van der Waals surface area contributed by atoms with E-state index in [1.807, 2.05) is 24.3 Å². The molecule has 2 heterocycles. The Labute approximate surface area is 185 Å². The first-order valence-corrected chi connectivity index (χ1v) is 10.0. The van der Waals surface area contributed by atoms with Crippen molar-refractivity contribution in [1.82, 2.24) is 0 Å². The second-order valence-electron chi connectivity index (χ2n) is 6.26. The van der Waals surface area contributed by atoms with Gasteiger partial charge in [-0.3, -0.25) is 0 Å². The van der Waals surface area contributed by atoms with Crippen LogP contribution >= 0.6 is 27.5 Å². The normalized spacial score (nSPS) is 14.6. The molecular weight excluding hydrogens is 474 g/mol. The van der Waals surface area contributed by atoms with Crippen LogP contribution in [0.15, 0.2) is 74.4 Å². The summed E-state index contributed by atoms with van der Waals surface area (Å²) in [7, 11) is 1.52. The zero-order valence-electron chi connectivity index (χ0n) is 15.7. The monoisotopic (exact) mass is 487 g/mol. The molecule has 0 amide bonds. The third-order valence-electron chi connectivity index (χ3n) is 4.20. The van der Waals surface area contributed by atoms with Crippen LogP contribution in [0.2, 0.25) is 5.02 Å². The highest BCUT2D eigenvalue weighted by molar-refractivity contribution is 9.10. The molecule has 0 unspecified atom stereocenters. The van der Waals surface area contributed by atoms with E-state index >= 15 is 0 Å². The maximum atomic E-state index is 12.1. The van der Waals surface area contributed by atoms with Crippen molar-refractivity contribution in [3.63, 3.8) is 0 Å². The van der Waals surface area contributed by atoms with Gasteiger partial charge in [-0.25, -0.2) is 9.79 Å². The molecule has 152 valence electrons. The van der Waals surface area contributed by atoms with E-state index in [1.54, 1.807) is 30.3 Å². The van der Waals surface area contributed by atoms with Crippen LogP contribution in [0.1, 0.15) is 16.9 Å². The smallest absolute Gasteiger partial charge is 0.363 e. The molecule has 0 saturated heterocycles. The lowest BCUT2D eigenvalue weighted by Crippen LogP contribution is -2.04. The standard InChI is InChI=1S/C22H15BrClNO5/c1-27-19-11-14(10-17-22(26)30-21(25-17)18-3-2-8-28-18)9-16(24)20(19)29-12-13-4-6-15(23)7-5-13/h2-11H,12H2,1H3/b17-10-. The van der Waals surface area contributed by atoms with Gasteiger partial charge < -0.3 is 18.6 Å². The number of carbonyl (C=O) groups excluding carboxylic acids is 1. The highest BCUT2D eigenvalue weighted by Crippen LogP contribution is 2.38. The quantitative estimate of drug-likeness (QED) is 0.332. The van der Waals surface area contributed by atoms with Gasteiger partial charge in [-0.15, -0.1) is 0 Å². The average Bonchev–Trinajstić information content (AvgIpc) is 3.38. The van der Waals surface area contributed by atoms with Crippen LogP contribution in [0.3, 0.4) is 0 Å². The predicted octanol–water partition coefficient (Wildman–Crippen LogP) is 5.63. The van der Waals surface area contributed by atoms with Gasteiger partial charge in [-0.2, -0.15) is 0 Å². The average molecular weight is 489 g/mol. The van der Waals surface area contributed by atoms with Crippen LogP contribution < -0.4 is 9.47 Å². The molecule has 0 bridgehead atoms. The topological polar surface area (TPSA) is 70.3 Å². The maximum absolute atomic E-state index is 12.1. The van der Waals surface area contributed by atoms with Crippen molar-refractivity contribution < 1.29 is 23.4 Å². The zero-order chi connectivity index (χ0) is 21.1. The molecule has 2 aromatic carbocycles. The minimum absolute atomic E-state index is 0.115. The van der Waals surface area contributed by atoms with E-state index in [0.29, 0.717) is 34.5 Å². The Morgan fingerprint density at radius 1 is 1.20 bits per heavy atom. The molecule has 1 aromatic heterocycles. The third-order valence-corrected chi connectivity index (χ3v) is 5.01. The summed E-state index contributed by atoms with van der Waals surface area (Å²) < 4.78 is 22.7. The van der Waals surface area contributed by atoms with Crippen LogP contribution in [-0.2, 0) is 16.1 Å². The van der Waals surface area contributed by atoms with Crippen molar-refractivity contribution in [2.75, 3.05) is 7.11 Å². The number of benzene rings is 2. The van der Waals surface area contributed by atoms with Gasteiger partial charge in [-0.05, 0) is 53.6 Å². The lowest BCUT2D eigenvalue weighted by atomic mass is 10.1. The molecule has 30 heavy (non-hydrogen) atoms. The minimum atomic E-state index is -0.577. The van der Waals surface area contributed by atoms with E-state index < -0.39 is 5.97 Å². The van der Waals surface area contributed by atoms with E-state index in [0.717, 1.165) is 10.0 Å². The molecule has 8 heteroatoms. The molecule has 0 saturated carbocycles. The number of esters is 1. The fourth-order valence-corrected chi connectivity index (χ4v) is 3.31. The molecule has 1 aliphatic rings. The van der Waals surface area contributed by atoms with E-state index in [2.05, 4.69) is 20.9 Å². The van der Waals surface area contributed by atoms with Crippen molar-refractivity contribution in [1.29, 1.82) is 0 Å². The summed E-state index contributed by atoms with van der Waals surface area (Å²) in [5.41, 5.74) is 1.73. The van der Waals surface area contributed by atoms with Gasteiger partial charge in [-0.1, -0.05) is 39.7 Å². The molecule has 0 aliphatic carbocycles. The largest absolute Gasteiger partial charge is 0.493 e. The van der Waals surface area contributed by atoms with Crippen molar-refractivity contribution in [2.24, 2.45) is 4.99 Å². The highest BCUT2D eigenvalue weighted by atomic mass is 79.9. The second kappa shape index (κ2) is 8.77. The molecule has 0 fully saturated rings. The molecule has 0 atom stereocenters. The number of hydrogen-bond donors (Lipinski definition) is 0. The van der Waals surface area contributed by atoms with Gasteiger partial charge in [0.05, 0.1) is 18.4 Å². The molecule has 3 aromatic rings. The number of cyclic esters (lactones) is 1. The molecular formula is C22H15BrClNO5. The summed E-state index contributed by atoms with van der Waals surface area (Å²) in [4.78, 5) is 16.3. The van der Waals surface area contributed by atoms with Crippen LogP contribution in [0, 0.1) is 0 Å². The Hall–Kier alpha value is -3.03. The van der Waals surface area contributed by atoms with Crippen LogP contribution in [0.25, 0.3) is 6.08 Å². The Morgan fingerprint density at radius 2 is 2.00 bits per heavy atom. The second-order valence-corrected chi connectivity index (χ2v) is 7.59. The maximum Gasteiger partial charge on any atom is 0.363 e. The van der Waals surface area contributed by atoms with Crippen molar-refractivity contribution in [3.05, 3.63) is 86.9 Å². The van der Waals surface area contributed by atoms with Gasteiger partial charge in [0.25, 0.3) is 5.90 Å². The number of nitrogens with zero attached hydrogens (tertiary/aromatic N) is 1. The summed E-state index contributed by atoms with van der Waals surface area (Å²) in [6, 6.07) is 14.5. The zero-order valence-corrected chi connectivity index (χ0v) is 18.1. The fourth-order valence-electron chi connectivity index (χ4n) is 2.77. The molecule has 1 aliphatic heterocycles. The number of methoxy groups -OCH3 is 1. The summed E-state index contributed by atoms with van der Waals surface area (Å²) in [5.74, 6) is 0.765. The highest BCUT2D eigenvalue weighted by Gasteiger charge is 2.26. The summed E-state index contributed by atoms with van der Waals surface area (Å²) in [6.45, 7) is 0.326. The number of halogens is 2. The molecule has 0 N–H and O–H groups in total. The Balaban J connectivity index is 1.58. The van der Waals surface area contributed by atoms with Crippen molar-refractivity contribution >= 4 is 45.5 Å².